The molecule has 0 atom stereocenters. The van der Waals surface area contributed by atoms with E-state index in [0.717, 1.165) is 0 Å². The van der Waals surface area contributed by atoms with Crippen LogP contribution in [0.5, 0.6) is 0 Å². The lowest BCUT2D eigenvalue weighted by Crippen LogP contribution is -2.33. The molecule has 112 valence electrons. The third-order valence-electron chi connectivity index (χ3n) is 3.54. The maximum absolute atomic E-state index is 12.4. The number of sulfone groups is 1. The first kappa shape index (κ1) is 15.2. The number of aliphatic imine (C=N–C) groups is 1. The topological polar surface area (TPSA) is 133 Å². The molecule has 4 N–H and O–H groups in total. The van der Waals surface area contributed by atoms with Gasteiger partial charge in [-0.15, -0.1) is 0 Å². The quantitative estimate of drug-likeness (QED) is 0.560. The molecule has 0 spiro atoms. The summed E-state index contributed by atoms with van der Waals surface area (Å²) in [5, 5.41) is 0. The molecule has 1 aromatic carbocycles. The lowest BCUT2D eigenvalue weighted by atomic mass is 9.97. The lowest BCUT2D eigenvalue weighted by molar-refractivity contribution is 0.0956. The van der Waals surface area contributed by atoms with Crippen molar-refractivity contribution in [1.29, 1.82) is 0 Å². The minimum absolute atomic E-state index is 0.0521. The van der Waals surface area contributed by atoms with Gasteiger partial charge < -0.3 is 11.5 Å². The van der Waals surface area contributed by atoms with Crippen LogP contribution in [0.15, 0.2) is 22.0 Å². The molecule has 0 bridgehead atoms. The Morgan fingerprint density at radius 3 is 2.33 bits per heavy atom. The van der Waals surface area contributed by atoms with Crippen LogP contribution in [0.3, 0.4) is 0 Å². The molecule has 21 heavy (non-hydrogen) atoms. The summed E-state index contributed by atoms with van der Waals surface area (Å²) in [7, 11) is -3.85. The van der Waals surface area contributed by atoms with Gasteiger partial charge in [0.25, 0.3) is 5.91 Å². The molecule has 8 heteroatoms. The predicted octanol–water partition coefficient (Wildman–Crippen LogP) is 0.157. The van der Waals surface area contributed by atoms with E-state index in [0.29, 0.717) is 5.56 Å². The summed E-state index contributed by atoms with van der Waals surface area (Å²) >= 11 is 0. The zero-order valence-corrected chi connectivity index (χ0v) is 12.6. The molecular formula is C13H15N3O4S. The minimum Gasteiger partial charge on any atom is -0.370 e. The highest BCUT2D eigenvalue weighted by Gasteiger charge is 2.51. The maximum atomic E-state index is 12.4. The van der Waals surface area contributed by atoms with Crippen molar-refractivity contribution in [2.45, 2.75) is 30.4 Å². The second kappa shape index (κ2) is 4.39. The number of rotatable bonds is 1. The Hall–Kier alpha value is -2.22. The summed E-state index contributed by atoms with van der Waals surface area (Å²) in [5.41, 5.74) is 10.9. The van der Waals surface area contributed by atoms with Crippen LogP contribution in [0.2, 0.25) is 0 Å². The van der Waals surface area contributed by atoms with E-state index in [1.54, 1.807) is 6.92 Å². The average Bonchev–Trinajstić information content (AvgIpc) is 2.46. The standard InChI is InChI=1S/C13H15N3O4S/c1-6-4-8-9(5-7(6)11(18)16-12(14)15)21(19,20)13(2,3)10(8)17/h4-5H,1-3H3,(H4,14,15,16,18). The van der Waals surface area contributed by atoms with Crippen LogP contribution in [0.4, 0.5) is 0 Å². The second-order valence-electron chi connectivity index (χ2n) is 5.35. The van der Waals surface area contributed by atoms with Gasteiger partial charge in [0.05, 0.1) is 4.90 Å². The van der Waals surface area contributed by atoms with E-state index in [4.69, 9.17) is 11.5 Å². The van der Waals surface area contributed by atoms with Crippen molar-refractivity contribution in [2.75, 3.05) is 0 Å². The number of amides is 1. The van der Waals surface area contributed by atoms with Gasteiger partial charge in [0.15, 0.2) is 21.6 Å². The van der Waals surface area contributed by atoms with E-state index in [1.807, 2.05) is 0 Å². The number of ketones is 1. The molecule has 0 saturated carbocycles. The fourth-order valence-corrected chi connectivity index (χ4v) is 3.83. The van der Waals surface area contributed by atoms with Gasteiger partial charge in [-0.1, -0.05) is 0 Å². The van der Waals surface area contributed by atoms with E-state index in [-0.39, 0.29) is 16.0 Å². The molecule has 1 amide bonds. The van der Waals surface area contributed by atoms with Crippen LogP contribution in [-0.4, -0.2) is 30.8 Å². The molecule has 0 radical (unpaired) electrons. The zero-order valence-electron chi connectivity index (χ0n) is 11.8. The molecule has 2 rings (SSSR count). The number of benzene rings is 1. The van der Waals surface area contributed by atoms with E-state index >= 15 is 0 Å². The molecule has 0 fully saturated rings. The van der Waals surface area contributed by atoms with Crippen molar-refractivity contribution in [2.24, 2.45) is 16.5 Å². The smallest absolute Gasteiger partial charge is 0.280 e. The summed E-state index contributed by atoms with van der Waals surface area (Å²) in [6.45, 7) is 4.27. The minimum atomic E-state index is -3.85. The Bertz CT molecular complexity index is 803. The van der Waals surface area contributed by atoms with Gasteiger partial charge in [-0.2, -0.15) is 4.99 Å². The van der Waals surface area contributed by atoms with Crippen molar-refractivity contribution in [1.82, 2.24) is 0 Å². The van der Waals surface area contributed by atoms with Gasteiger partial charge in [-0.05, 0) is 38.5 Å². The largest absolute Gasteiger partial charge is 0.370 e. The number of aryl methyl sites for hydroxylation is 1. The van der Waals surface area contributed by atoms with Crippen LogP contribution < -0.4 is 11.5 Å². The molecular weight excluding hydrogens is 294 g/mol. The number of fused-ring (bicyclic) bond motifs is 1. The molecule has 0 saturated heterocycles. The fraction of sp³-hybridized carbons (Fsp3) is 0.308. The lowest BCUT2D eigenvalue weighted by Gasteiger charge is -2.13. The summed E-state index contributed by atoms with van der Waals surface area (Å²) in [5.74, 6) is -1.65. The van der Waals surface area contributed by atoms with Crippen LogP contribution in [-0.2, 0) is 9.84 Å². The summed E-state index contributed by atoms with van der Waals surface area (Å²) < 4.78 is 23.3. The maximum Gasteiger partial charge on any atom is 0.280 e. The fourth-order valence-electron chi connectivity index (χ4n) is 2.22. The van der Waals surface area contributed by atoms with Gasteiger partial charge in [0, 0.05) is 11.1 Å². The third-order valence-corrected chi connectivity index (χ3v) is 5.99. The molecule has 1 aliphatic rings. The first-order chi connectivity index (χ1) is 9.50. The molecule has 0 unspecified atom stereocenters. The number of hydrogen-bond acceptors (Lipinski definition) is 4. The Kier molecular flexibility index (Phi) is 3.17. The van der Waals surface area contributed by atoms with Crippen LogP contribution in [0, 0.1) is 6.92 Å². The average molecular weight is 309 g/mol. The molecule has 1 aliphatic heterocycles. The molecule has 0 aliphatic carbocycles. The second-order valence-corrected chi connectivity index (χ2v) is 7.82. The predicted molar refractivity (Wildman–Crippen MR) is 76.9 cm³/mol. The number of Topliss-reactive ketones (excluding diaryl/α,β-unsaturated/α-hetero) is 1. The number of nitrogens with zero attached hydrogens (tertiary/aromatic N) is 1. The monoisotopic (exact) mass is 309 g/mol. The zero-order chi connectivity index (χ0) is 16.2. The van der Waals surface area contributed by atoms with Crippen LogP contribution in [0.25, 0.3) is 0 Å². The normalized spacial score (nSPS) is 18.1. The van der Waals surface area contributed by atoms with Crippen molar-refractivity contribution < 1.29 is 18.0 Å². The van der Waals surface area contributed by atoms with Crippen molar-refractivity contribution in [3.05, 3.63) is 28.8 Å². The highest BCUT2D eigenvalue weighted by molar-refractivity contribution is 7.94. The van der Waals surface area contributed by atoms with Gasteiger partial charge in [-0.25, -0.2) is 8.42 Å². The first-order valence-electron chi connectivity index (χ1n) is 6.08. The Morgan fingerprint density at radius 2 is 1.81 bits per heavy atom. The Balaban J connectivity index is 2.74. The van der Waals surface area contributed by atoms with Crippen LogP contribution >= 0.6 is 0 Å². The molecule has 7 nitrogen and oxygen atoms in total. The number of hydrogen-bond donors (Lipinski definition) is 2. The number of nitrogens with two attached hydrogens (primary N) is 2. The van der Waals surface area contributed by atoms with E-state index in [9.17, 15) is 18.0 Å². The molecule has 1 aromatic rings. The van der Waals surface area contributed by atoms with Crippen molar-refractivity contribution >= 4 is 27.5 Å². The highest BCUT2D eigenvalue weighted by atomic mass is 32.2. The van der Waals surface area contributed by atoms with E-state index < -0.39 is 32.2 Å². The van der Waals surface area contributed by atoms with Gasteiger partial charge in [0.2, 0.25) is 0 Å². The van der Waals surface area contributed by atoms with Gasteiger partial charge in [0.1, 0.15) is 4.75 Å². The molecule has 1 heterocycles. The summed E-state index contributed by atoms with van der Waals surface area (Å²) in [6, 6.07) is 2.56. The third kappa shape index (κ3) is 2.02. The number of carbonyl (C=O) groups excluding carboxylic acids is 2. The Morgan fingerprint density at radius 1 is 1.24 bits per heavy atom. The van der Waals surface area contributed by atoms with Crippen molar-refractivity contribution in [3.8, 4) is 0 Å². The summed E-state index contributed by atoms with van der Waals surface area (Å²) in [6.07, 6.45) is 0. The molecule has 0 aromatic heterocycles. The van der Waals surface area contributed by atoms with E-state index in [1.165, 1.54) is 26.0 Å². The van der Waals surface area contributed by atoms with Gasteiger partial charge >= 0.3 is 0 Å². The SMILES string of the molecule is Cc1cc2c(cc1C(=O)N=C(N)N)S(=O)(=O)C(C)(C)C2=O. The summed E-state index contributed by atoms with van der Waals surface area (Å²) in [4.78, 5) is 27.4. The highest BCUT2D eigenvalue weighted by Crippen LogP contribution is 2.40. The first-order valence-corrected chi connectivity index (χ1v) is 7.56. The Labute approximate surface area is 122 Å². The van der Waals surface area contributed by atoms with Crippen LogP contribution in [0.1, 0.15) is 40.1 Å². The number of guanidine groups is 1. The van der Waals surface area contributed by atoms with Crippen molar-refractivity contribution in [3.63, 3.8) is 0 Å². The van der Waals surface area contributed by atoms with E-state index in [2.05, 4.69) is 4.99 Å². The number of carbonyl (C=O) groups is 2. The van der Waals surface area contributed by atoms with Gasteiger partial charge in [-0.3, -0.25) is 9.59 Å².